The van der Waals surface area contributed by atoms with Gasteiger partial charge in [-0.3, -0.25) is 4.90 Å². The van der Waals surface area contributed by atoms with Crippen LogP contribution in [-0.4, -0.2) is 50.8 Å². The molecule has 1 saturated heterocycles. The van der Waals surface area contributed by atoms with E-state index in [1.807, 2.05) is 7.05 Å². The molecule has 3 unspecified atom stereocenters. The number of nitrogens with zero attached hydrogens (tertiary/aromatic N) is 1. The lowest BCUT2D eigenvalue weighted by Gasteiger charge is -2.41. The third-order valence-electron chi connectivity index (χ3n) is 3.46. The third-order valence-corrected chi connectivity index (χ3v) is 3.46. The first kappa shape index (κ1) is 12.9. The van der Waals surface area contributed by atoms with Gasteiger partial charge in [-0.15, -0.1) is 0 Å². The van der Waals surface area contributed by atoms with Crippen molar-refractivity contribution < 1.29 is 4.74 Å². The summed E-state index contributed by atoms with van der Waals surface area (Å²) in [6.45, 7) is 7.77. The smallest absolute Gasteiger partial charge is 0.0630 e. The van der Waals surface area contributed by atoms with Crippen LogP contribution >= 0.6 is 0 Å². The lowest BCUT2D eigenvalue weighted by molar-refractivity contribution is 0.0348. The van der Waals surface area contributed by atoms with Crippen LogP contribution in [0.15, 0.2) is 0 Å². The van der Waals surface area contributed by atoms with Gasteiger partial charge < -0.3 is 10.1 Å². The number of nitrogens with one attached hydrogen (secondary N) is 1. The standard InChI is InChI=1S/C12H26N2O/c1-10-5-6-14(11(2)7-10)12(8-13-3)9-15-4/h10-13H,5-9H2,1-4H3. The Hall–Kier alpha value is -0.120. The molecule has 0 spiro atoms. The number of likely N-dealkylation sites (N-methyl/N-ethyl adjacent to an activating group) is 1. The SMILES string of the molecule is CNCC(COC)N1CCC(C)CC1C. The molecule has 1 fully saturated rings. The molecule has 90 valence electrons. The Balaban J connectivity index is 2.50. The molecule has 3 atom stereocenters. The molecule has 0 aromatic carbocycles. The summed E-state index contributed by atoms with van der Waals surface area (Å²) in [4.78, 5) is 2.60. The van der Waals surface area contributed by atoms with Crippen molar-refractivity contribution in [2.75, 3.05) is 33.9 Å². The molecular weight excluding hydrogens is 188 g/mol. The first-order valence-corrected chi connectivity index (χ1v) is 6.08. The van der Waals surface area contributed by atoms with Gasteiger partial charge >= 0.3 is 0 Å². The van der Waals surface area contributed by atoms with E-state index in [4.69, 9.17) is 4.74 Å². The fourth-order valence-electron chi connectivity index (χ4n) is 2.67. The second kappa shape index (κ2) is 6.46. The number of ether oxygens (including phenoxy) is 1. The molecule has 3 nitrogen and oxygen atoms in total. The zero-order valence-corrected chi connectivity index (χ0v) is 10.6. The number of rotatable bonds is 5. The monoisotopic (exact) mass is 214 g/mol. The Morgan fingerprint density at radius 2 is 2.20 bits per heavy atom. The van der Waals surface area contributed by atoms with Gasteiger partial charge in [-0.2, -0.15) is 0 Å². The van der Waals surface area contributed by atoms with Crippen LogP contribution < -0.4 is 5.32 Å². The van der Waals surface area contributed by atoms with E-state index in [9.17, 15) is 0 Å². The highest BCUT2D eigenvalue weighted by atomic mass is 16.5. The van der Waals surface area contributed by atoms with E-state index in [-0.39, 0.29) is 0 Å². The Morgan fingerprint density at radius 3 is 2.73 bits per heavy atom. The highest BCUT2D eigenvalue weighted by Crippen LogP contribution is 2.23. The molecule has 0 bridgehead atoms. The van der Waals surface area contributed by atoms with Gasteiger partial charge in [-0.05, 0) is 39.3 Å². The van der Waals surface area contributed by atoms with Crippen molar-refractivity contribution in [3.05, 3.63) is 0 Å². The molecule has 0 saturated carbocycles. The lowest BCUT2D eigenvalue weighted by atomic mass is 9.92. The average Bonchev–Trinajstić information content (AvgIpc) is 2.17. The zero-order valence-electron chi connectivity index (χ0n) is 10.6. The lowest BCUT2D eigenvalue weighted by Crippen LogP contribution is -2.51. The van der Waals surface area contributed by atoms with Crippen LogP contribution in [0.2, 0.25) is 0 Å². The van der Waals surface area contributed by atoms with Gasteiger partial charge in [0.05, 0.1) is 6.61 Å². The van der Waals surface area contributed by atoms with Crippen molar-refractivity contribution in [2.24, 2.45) is 5.92 Å². The fourth-order valence-corrected chi connectivity index (χ4v) is 2.67. The summed E-state index contributed by atoms with van der Waals surface area (Å²) < 4.78 is 5.30. The number of hydrogen-bond donors (Lipinski definition) is 1. The average molecular weight is 214 g/mol. The van der Waals surface area contributed by atoms with Crippen molar-refractivity contribution >= 4 is 0 Å². The molecule has 1 N–H and O–H groups in total. The molecule has 3 heteroatoms. The minimum Gasteiger partial charge on any atom is -0.383 e. The molecule has 0 aliphatic carbocycles. The minimum absolute atomic E-state index is 0.530. The summed E-state index contributed by atoms with van der Waals surface area (Å²) in [6, 6.07) is 1.23. The molecule has 1 rings (SSSR count). The van der Waals surface area contributed by atoms with Gasteiger partial charge in [0, 0.05) is 25.7 Å². The molecule has 0 aromatic heterocycles. The topological polar surface area (TPSA) is 24.5 Å². The zero-order chi connectivity index (χ0) is 11.3. The first-order chi connectivity index (χ1) is 7.19. The van der Waals surface area contributed by atoms with E-state index in [2.05, 4.69) is 24.1 Å². The summed E-state index contributed by atoms with van der Waals surface area (Å²) >= 11 is 0. The number of hydrogen-bond acceptors (Lipinski definition) is 3. The largest absolute Gasteiger partial charge is 0.383 e. The third kappa shape index (κ3) is 3.74. The molecular formula is C12H26N2O. The summed E-state index contributed by atoms with van der Waals surface area (Å²) in [7, 11) is 3.81. The van der Waals surface area contributed by atoms with Gasteiger partial charge in [0.25, 0.3) is 0 Å². The predicted octanol–water partition coefficient (Wildman–Crippen LogP) is 1.34. The molecule has 15 heavy (non-hydrogen) atoms. The number of likely N-dealkylation sites (tertiary alicyclic amines) is 1. The van der Waals surface area contributed by atoms with Gasteiger partial charge in [0.15, 0.2) is 0 Å². The van der Waals surface area contributed by atoms with Crippen molar-refractivity contribution in [1.82, 2.24) is 10.2 Å². The quantitative estimate of drug-likeness (QED) is 0.747. The first-order valence-electron chi connectivity index (χ1n) is 6.08. The highest BCUT2D eigenvalue weighted by Gasteiger charge is 2.28. The molecule has 0 radical (unpaired) electrons. The summed E-state index contributed by atoms with van der Waals surface area (Å²) in [5.74, 6) is 0.883. The maximum Gasteiger partial charge on any atom is 0.0630 e. The van der Waals surface area contributed by atoms with Gasteiger partial charge in [0.2, 0.25) is 0 Å². The van der Waals surface area contributed by atoms with Gasteiger partial charge in [-0.1, -0.05) is 6.92 Å². The van der Waals surface area contributed by atoms with Crippen molar-refractivity contribution in [1.29, 1.82) is 0 Å². The highest BCUT2D eigenvalue weighted by molar-refractivity contribution is 4.83. The van der Waals surface area contributed by atoms with E-state index < -0.39 is 0 Å². The van der Waals surface area contributed by atoms with Crippen molar-refractivity contribution in [2.45, 2.75) is 38.8 Å². The second-order valence-electron chi connectivity index (χ2n) is 4.88. The van der Waals surface area contributed by atoms with E-state index >= 15 is 0 Å². The molecule has 0 amide bonds. The van der Waals surface area contributed by atoms with Gasteiger partial charge in [0.1, 0.15) is 0 Å². The minimum atomic E-state index is 0.530. The van der Waals surface area contributed by atoms with Gasteiger partial charge in [-0.25, -0.2) is 0 Å². The molecule has 1 aliphatic heterocycles. The van der Waals surface area contributed by atoms with Crippen LogP contribution in [-0.2, 0) is 4.74 Å². The molecule has 0 aromatic rings. The normalized spacial score (nSPS) is 30.4. The van der Waals surface area contributed by atoms with E-state index in [1.54, 1.807) is 7.11 Å². The molecule has 1 heterocycles. The number of methoxy groups -OCH3 is 1. The van der Waals surface area contributed by atoms with Crippen LogP contribution in [0.4, 0.5) is 0 Å². The van der Waals surface area contributed by atoms with Crippen molar-refractivity contribution in [3.8, 4) is 0 Å². The van der Waals surface area contributed by atoms with Crippen LogP contribution in [0.25, 0.3) is 0 Å². The number of piperidine rings is 1. The van der Waals surface area contributed by atoms with E-state index in [0.717, 1.165) is 19.1 Å². The van der Waals surface area contributed by atoms with Crippen LogP contribution in [0.1, 0.15) is 26.7 Å². The van der Waals surface area contributed by atoms with E-state index in [0.29, 0.717) is 12.1 Å². The summed E-state index contributed by atoms with van der Waals surface area (Å²) in [5.41, 5.74) is 0. The Labute approximate surface area is 94.2 Å². The maximum atomic E-state index is 5.30. The van der Waals surface area contributed by atoms with Crippen LogP contribution in [0, 0.1) is 5.92 Å². The molecule has 1 aliphatic rings. The fraction of sp³-hybridized carbons (Fsp3) is 1.00. The summed E-state index contributed by atoms with van der Waals surface area (Å²) in [5, 5.41) is 3.26. The Bertz CT molecular complexity index is 169. The maximum absolute atomic E-state index is 5.30. The summed E-state index contributed by atoms with van der Waals surface area (Å²) in [6.07, 6.45) is 2.65. The van der Waals surface area contributed by atoms with Crippen LogP contribution in [0.5, 0.6) is 0 Å². The van der Waals surface area contributed by atoms with Crippen molar-refractivity contribution in [3.63, 3.8) is 0 Å². The Morgan fingerprint density at radius 1 is 1.47 bits per heavy atom. The van der Waals surface area contributed by atoms with E-state index in [1.165, 1.54) is 19.4 Å². The predicted molar refractivity (Wildman–Crippen MR) is 64.2 cm³/mol. The van der Waals surface area contributed by atoms with Crippen LogP contribution in [0.3, 0.4) is 0 Å². The Kier molecular flexibility index (Phi) is 5.58. The second-order valence-corrected chi connectivity index (χ2v) is 4.88.